The number of aromatic nitrogens is 2. The molecule has 0 radical (unpaired) electrons. The van der Waals surface area contributed by atoms with Crippen molar-refractivity contribution in [2.24, 2.45) is 11.3 Å². The first kappa shape index (κ1) is 20.6. The van der Waals surface area contributed by atoms with Crippen LogP contribution in [0.5, 0.6) is 0 Å². The van der Waals surface area contributed by atoms with Crippen molar-refractivity contribution in [2.75, 3.05) is 31.1 Å². The zero-order chi connectivity index (χ0) is 20.3. The van der Waals surface area contributed by atoms with Crippen LogP contribution in [0.4, 0.5) is 5.82 Å². The average molecular weight is 388 g/mol. The Morgan fingerprint density at radius 3 is 2.46 bits per heavy atom. The van der Waals surface area contributed by atoms with Gasteiger partial charge >= 0.3 is 0 Å². The smallest absolute Gasteiger partial charge is 0.243 e. The summed E-state index contributed by atoms with van der Waals surface area (Å²) in [7, 11) is 0. The number of piperidine rings is 1. The summed E-state index contributed by atoms with van der Waals surface area (Å²) in [6.07, 6.45) is 3.38. The van der Waals surface area contributed by atoms with Crippen molar-refractivity contribution in [2.45, 2.75) is 59.4 Å². The standard InChI is InChI=1S/C21H33N5O2/c1-15(2)19(26-11-5-6-18(26)27)20(28)22-14-21(4)9-12-25(13-10-21)17-8-7-16(3)23-24-17/h7-8,15,19H,5-6,9-14H2,1-4H3,(H,22,28). The van der Waals surface area contributed by atoms with Gasteiger partial charge in [-0.15, -0.1) is 5.10 Å². The van der Waals surface area contributed by atoms with Gasteiger partial charge in [0.15, 0.2) is 5.82 Å². The molecule has 154 valence electrons. The number of hydrogen-bond acceptors (Lipinski definition) is 5. The second-order valence-electron chi connectivity index (χ2n) is 8.93. The molecular weight excluding hydrogens is 354 g/mol. The number of amides is 2. The molecule has 1 N–H and O–H groups in total. The molecule has 3 heterocycles. The predicted octanol–water partition coefficient (Wildman–Crippen LogP) is 2.15. The average Bonchev–Trinajstić information content (AvgIpc) is 3.07. The van der Waals surface area contributed by atoms with Crippen LogP contribution in [0.3, 0.4) is 0 Å². The highest BCUT2D eigenvalue weighted by molar-refractivity contribution is 5.88. The largest absolute Gasteiger partial charge is 0.355 e. The third-order valence-corrected chi connectivity index (χ3v) is 6.11. The van der Waals surface area contributed by atoms with Crippen LogP contribution < -0.4 is 10.2 Å². The molecule has 2 amide bonds. The van der Waals surface area contributed by atoms with E-state index in [0.717, 1.165) is 43.9 Å². The molecule has 0 spiro atoms. The number of aryl methyl sites for hydroxylation is 1. The minimum absolute atomic E-state index is 0.0155. The van der Waals surface area contributed by atoms with Crippen LogP contribution in [0.2, 0.25) is 0 Å². The van der Waals surface area contributed by atoms with Crippen LogP contribution in [-0.4, -0.2) is 59.1 Å². The Morgan fingerprint density at radius 1 is 1.21 bits per heavy atom. The van der Waals surface area contributed by atoms with Crippen molar-refractivity contribution in [3.05, 3.63) is 17.8 Å². The van der Waals surface area contributed by atoms with Crippen LogP contribution in [-0.2, 0) is 9.59 Å². The highest BCUT2D eigenvalue weighted by Gasteiger charge is 2.37. The van der Waals surface area contributed by atoms with Gasteiger partial charge in [0.05, 0.1) is 5.69 Å². The number of carbonyl (C=O) groups excluding carboxylic acids is 2. The van der Waals surface area contributed by atoms with Crippen molar-refractivity contribution in [3.8, 4) is 0 Å². The van der Waals surface area contributed by atoms with Crippen molar-refractivity contribution in [1.29, 1.82) is 0 Å². The summed E-state index contributed by atoms with van der Waals surface area (Å²) in [5, 5.41) is 11.6. The minimum atomic E-state index is -0.360. The molecule has 0 aromatic carbocycles. The van der Waals surface area contributed by atoms with E-state index < -0.39 is 0 Å². The van der Waals surface area contributed by atoms with Crippen LogP contribution >= 0.6 is 0 Å². The molecule has 2 aliphatic rings. The maximum atomic E-state index is 12.9. The maximum Gasteiger partial charge on any atom is 0.243 e. The van der Waals surface area contributed by atoms with Gasteiger partial charge in [0.2, 0.25) is 11.8 Å². The quantitative estimate of drug-likeness (QED) is 0.809. The van der Waals surface area contributed by atoms with E-state index >= 15 is 0 Å². The fourth-order valence-electron chi connectivity index (χ4n) is 4.19. The van der Waals surface area contributed by atoms with Crippen molar-refractivity contribution in [1.82, 2.24) is 20.4 Å². The molecule has 1 unspecified atom stereocenters. The lowest BCUT2D eigenvalue weighted by molar-refractivity contribution is -0.139. The lowest BCUT2D eigenvalue weighted by Gasteiger charge is -2.40. The Hall–Kier alpha value is -2.18. The Balaban J connectivity index is 1.54. The summed E-state index contributed by atoms with van der Waals surface area (Å²) in [5.74, 6) is 1.12. The predicted molar refractivity (Wildman–Crippen MR) is 109 cm³/mol. The summed E-state index contributed by atoms with van der Waals surface area (Å²) in [4.78, 5) is 29.0. The Bertz CT molecular complexity index is 695. The van der Waals surface area contributed by atoms with E-state index in [1.807, 2.05) is 32.9 Å². The summed E-state index contributed by atoms with van der Waals surface area (Å²) >= 11 is 0. The summed E-state index contributed by atoms with van der Waals surface area (Å²) < 4.78 is 0. The molecule has 1 atom stereocenters. The summed E-state index contributed by atoms with van der Waals surface area (Å²) in [5.41, 5.74) is 0.977. The van der Waals surface area contributed by atoms with E-state index in [4.69, 9.17) is 0 Å². The highest BCUT2D eigenvalue weighted by Crippen LogP contribution is 2.32. The van der Waals surface area contributed by atoms with Crippen LogP contribution in [0.1, 0.15) is 52.1 Å². The van der Waals surface area contributed by atoms with E-state index in [1.165, 1.54) is 0 Å². The molecule has 7 heteroatoms. The van der Waals surface area contributed by atoms with Crippen LogP contribution in [0.15, 0.2) is 12.1 Å². The second kappa shape index (κ2) is 8.45. The molecule has 28 heavy (non-hydrogen) atoms. The van der Waals surface area contributed by atoms with Crippen molar-refractivity contribution < 1.29 is 9.59 Å². The molecule has 2 saturated heterocycles. The van der Waals surface area contributed by atoms with Gasteiger partial charge < -0.3 is 15.1 Å². The molecule has 0 saturated carbocycles. The van der Waals surface area contributed by atoms with E-state index in [-0.39, 0.29) is 29.2 Å². The number of nitrogens with one attached hydrogen (secondary N) is 1. The number of anilines is 1. The first-order valence-electron chi connectivity index (χ1n) is 10.4. The number of nitrogens with zero attached hydrogens (tertiary/aromatic N) is 4. The zero-order valence-corrected chi connectivity index (χ0v) is 17.6. The van der Waals surface area contributed by atoms with Crippen molar-refractivity contribution >= 4 is 17.6 Å². The van der Waals surface area contributed by atoms with Crippen molar-refractivity contribution in [3.63, 3.8) is 0 Å². The molecule has 1 aromatic rings. The molecule has 1 aromatic heterocycles. The zero-order valence-electron chi connectivity index (χ0n) is 17.6. The first-order chi connectivity index (χ1) is 13.3. The van der Waals surface area contributed by atoms with Crippen LogP contribution in [0, 0.1) is 18.3 Å². The van der Waals surface area contributed by atoms with E-state index in [0.29, 0.717) is 19.5 Å². The number of rotatable bonds is 6. The van der Waals surface area contributed by atoms with E-state index in [9.17, 15) is 9.59 Å². The monoisotopic (exact) mass is 387 g/mol. The molecule has 2 aliphatic heterocycles. The SMILES string of the molecule is Cc1ccc(N2CCC(C)(CNC(=O)C(C(C)C)N3CCCC3=O)CC2)nn1. The topological polar surface area (TPSA) is 78.4 Å². The maximum absolute atomic E-state index is 12.9. The first-order valence-corrected chi connectivity index (χ1v) is 10.4. The van der Waals surface area contributed by atoms with E-state index in [2.05, 4.69) is 27.3 Å². The summed E-state index contributed by atoms with van der Waals surface area (Å²) in [6, 6.07) is 3.65. The van der Waals surface area contributed by atoms with Gasteiger partial charge in [-0.05, 0) is 49.7 Å². The number of hydrogen-bond donors (Lipinski definition) is 1. The Labute approximate surface area is 167 Å². The van der Waals surface area contributed by atoms with Gasteiger partial charge in [-0.3, -0.25) is 9.59 Å². The second-order valence-corrected chi connectivity index (χ2v) is 8.93. The molecule has 0 bridgehead atoms. The van der Waals surface area contributed by atoms with Gasteiger partial charge in [0.25, 0.3) is 0 Å². The van der Waals surface area contributed by atoms with Gasteiger partial charge in [0.1, 0.15) is 6.04 Å². The normalized spacial score (nSPS) is 20.5. The Morgan fingerprint density at radius 2 is 1.93 bits per heavy atom. The number of carbonyl (C=O) groups is 2. The van der Waals surface area contributed by atoms with Crippen LogP contribution in [0.25, 0.3) is 0 Å². The molecule has 2 fully saturated rings. The molecular formula is C21H33N5O2. The summed E-state index contributed by atoms with van der Waals surface area (Å²) in [6.45, 7) is 11.3. The fraction of sp³-hybridized carbons (Fsp3) is 0.714. The lowest BCUT2D eigenvalue weighted by Crippen LogP contribution is -2.53. The van der Waals surface area contributed by atoms with E-state index in [1.54, 1.807) is 4.90 Å². The van der Waals surface area contributed by atoms with Gasteiger partial charge in [0, 0.05) is 32.6 Å². The third kappa shape index (κ3) is 4.62. The number of likely N-dealkylation sites (tertiary alicyclic amines) is 1. The van der Waals surface area contributed by atoms with Gasteiger partial charge in [-0.1, -0.05) is 20.8 Å². The lowest BCUT2D eigenvalue weighted by atomic mass is 9.80. The minimum Gasteiger partial charge on any atom is -0.355 e. The molecule has 3 rings (SSSR count). The Kier molecular flexibility index (Phi) is 6.20. The van der Waals surface area contributed by atoms with Gasteiger partial charge in [-0.25, -0.2) is 0 Å². The van der Waals surface area contributed by atoms with Gasteiger partial charge in [-0.2, -0.15) is 5.10 Å². The highest BCUT2D eigenvalue weighted by atomic mass is 16.2. The third-order valence-electron chi connectivity index (χ3n) is 6.11. The fourth-order valence-corrected chi connectivity index (χ4v) is 4.19. The molecule has 0 aliphatic carbocycles. The molecule has 7 nitrogen and oxygen atoms in total.